The highest BCUT2D eigenvalue weighted by Gasteiger charge is 2.20. The van der Waals surface area contributed by atoms with Gasteiger partial charge in [-0.15, -0.1) is 11.3 Å². The van der Waals surface area contributed by atoms with Gasteiger partial charge in [-0.25, -0.2) is 10.2 Å². The van der Waals surface area contributed by atoms with Crippen LogP contribution in [0.15, 0.2) is 93.4 Å². The number of amides is 2. The molecule has 2 N–H and O–H groups in total. The van der Waals surface area contributed by atoms with Crippen LogP contribution in [-0.4, -0.2) is 36.0 Å². The van der Waals surface area contributed by atoms with Crippen LogP contribution in [0.2, 0.25) is 0 Å². The number of benzene rings is 2. The van der Waals surface area contributed by atoms with Crippen LogP contribution in [0.3, 0.4) is 0 Å². The monoisotopic (exact) mass is 560 g/mol. The molecule has 0 aliphatic rings. The van der Waals surface area contributed by atoms with Crippen molar-refractivity contribution >= 4 is 47.3 Å². The van der Waals surface area contributed by atoms with Crippen LogP contribution >= 0.6 is 11.3 Å². The van der Waals surface area contributed by atoms with E-state index in [1.165, 1.54) is 48.9 Å². The summed E-state index contributed by atoms with van der Waals surface area (Å²) >= 11 is 1.39. The molecular formula is C27H20N4O8S. The normalized spacial score (nSPS) is 11.2. The van der Waals surface area contributed by atoms with Crippen molar-refractivity contribution in [2.75, 3.05) is 7.11 Å². The maximum absolute atomic E-state index is 12.9. The number of rotatable bonds is 10. The van der Waals surface area contributed by atoms with Crippen molar-refractivity contribution in [2.45, 2.75) is 0 Å². The minimum absolute atomic E-state index is 0.00791. The number of nitrogens with one attached hydrogen (secondary N) is 2. The highest BCUT2D eigenvalue weighted by molar-refractivity contribution is 7.10. The molecule has 0 aliphatic carbocycles. The van der Waals surface area contributed by atoms with Crippen molar-refractivity contribution in [2.24, 2.45) is 5.10 Å². The molecule has 0 atom stereocenters. The molecule has 202 valence electrons. The highest BCUT2D eigenvalue weighted by atomic mass is 32.1. The van der Waals surface area contributed by atoms with Crippen molar-refractivity contribution in [3.8, 4) is 11.5 Å². The number of hydrogen-bond acceptors (Lipinski definition) is 10. The summed E-state index contributed by atoms with van der Waals surface area (Å²) in [4.78, 5) is 48.5. The molecule has 12 nitrogen and oxygen atoms in total. The number of thiophene rings is 1. The number of esters is 1. The lowest BCUT2D eigenvalue weighted by Gasteiger charge is -2.09. The number of carbonyl (C=O) groups excluding carboxylic acids is 3. The Balaban J connectivity index is 1.44. The van der Waals surface area contributed by atoms with Crippen LogP contribution in [-0.2, 0) is 4.79 Å². The first-order chi connectivity index (χ1) is 19.3. The first kappa shape index (κ1) is 27.5. The first-order valence-corrected chi connectivity index (χ1v) is 12.3. The fraction of sp³-hybridized carbons (Fsp3) is 0.0370. The van der Waals surface area contributed by atoms with Crippen molar-refractivity contribution in [1.82, 2.24) is 10.7 Å². The highest BCUT2D eigenvalue weighted by Crippen LogP contribution is 2.29. The lowest BCUT2D eigenvalue weighted by molar-refractivity contribution is -0.402. The zero-order valence-electron chi connectivity index (χ0n) is 20.7. The molecule has 40 heavy (non-hydrogen) atoms. The number of methoxy groups -OCH3 is 1. The Labute approximate surface area is 230 Å². The van der Waals surface area contributed by atoms with Gasteiger partial charge in [-0.2, -0.15) is 5.10 Å². The quantitative estimate of drug-likeness (QED) is 0.0720. The van der Waals surface area contributed by atoms with Gasteiger partial charge in [0.1, 0.15) is 10.6 Å². The Morgan fingerprint density at radius 1 is 1.02 bits per heavy atom. The molecule has 0 saturated carbocycles. The summed E-state index contributed by atoms with van der Waals surface area (Å²) in [6.45, 7) is 0. The van der Waals surface area contributed by atoms with E-state index in [2.05, 4.69) is 15.8 Å². The predicted octanol–water partition coefficient (Wildman–Crippen LogP) is 4.40. The molecule has 2 amide bonds. The average Bonchev–Trinajstić information content (AvgIpc) is 3.67. The number of nitro groups is 1. The molecule has 13 heteroatoms. The summed E-state index contributed by atoms with van der Waals surface area (Å²) in [5.41, 5.74) is 3.23. The van der Waals surface area contributed by atoms with Crippen LogP contribution in [0.5, 0.6) is 11.5 Å². The van der Waals surface area contributed by atoms with Gasteiger partial charge in [0.05, 0.1) is 19.4 Å². The van der Waals surface area contributed by atoms with Crippen LogP contribution in [0.25, 0.3) is 6.08 Å². The maximum atomic E-state index is 12.9. The van der Waals surface area contributed by atoms with Crippen molar-refractivity contribution < 1.29 is 33.2 Å². The predicted molar refractivity (Wildman–Crippen MR) is 145 cm³/mol. The van der Waals surface area contributed by atoms with E-state index in [-0.39, 0.29) is 23.0 Å². The molecule has 2 heterocycles. The van der Waals surface area contributed by atoms with Crippen molar-refractivity contribution in [3.63, 3.8) is 0 Å². The van der Waals surface area contributed by atoms with E-state index in [0.29, 0.717) is 11.1 Å². The first-order valence-electron chi connectivity index (χ1n) is 11.4. The molecule has 0 bridgehead atoms. The minimum Gasteiger partial charge on any atom is -0.493 e. The summed E-state index contributed by atoms with van der Waals surface area (Å²) in [5.74, 6) is -2.84. The number of ether oxygens (including phenoxy) is 2. The molecule has 2 aromatic heterocycles. The number of hydrazone groups is 1. The Bertz CT molecular complexity index is 1590. The van der Waals surface area contributed by atoms with E-state index in [9.17, 15) is 24.5 Å². The largest absolute Gasteiger partial charge is 0.493 e. The van der Waals surface area contributed by atoms with Gasteiger partial charge >= 0.3 is 11.9 Å². The van der Waals surface area contributed by atoms with Crippen LogP contribution in [0.4, 0.5) is 5.88 Å². The van der Waals surface area contributed by atoms with Crippen molar-refractivity contribution in [1.29, 1.82) is 0 Å². The summed E-state index contributed by atoms with van der Waals surface area (Å²) in [5, 5.41) is 19.2. The third kappa shape index (κ3) is 7.05. The molecule has 4 rings (SSSR count). The van der Waals surface area contributed by atoms with Crippen molar-refractivity contribution in [3.05, 3.63) is 116 Å². The van der Waals surface area contributed by atoms with Gasteiger partial charge in [0.15, 0.2) is 11.5 Å². The molecule has 2 aromatic carbocycles. The molecule has 0 aliphatic heterocycles. The molecular weight excluding hydrogens is 540 g/mol. The van der Waals surface area contributed by atoms with E-state index in [0.717, 1.165) is 17.0 Å². The van der Waals surface area contributed by atoms with Crippen LogP contribution in [0, 0.1) is 10.1 Å². The van der Waals surface area contributed by atoms with E-state index in [4.69, 9.17) is 13.9 Å². The molecule has 4 aromatic rings. The fourth-order valence-corrected chi connectivity index (χ4v) is 3.88. The number of carbonyl (C=O) groups is 3. The zero-order chi connectivity index (χ0) is 28.5. The van der Waals surface area contributed by atoms with Gasteiger partial charge in [0.2, 0.25) is 5.76 Å². The Morgan fingerprint density at radius 3 is 2.50 bits per heavy atom. The summed E-state index contributed by atoms with van der Waals surface area (Å²) in [6, 6.07) is 18.7. The second-order valence-corrected chi connectivity index (χ2v) is 8.77. The number of nitrogens with zero attached hydrogens (tertiary/aromatic N) is 2. The average molecular weight is 561 g/mol. The SMILES string of the molecule is COc1cc(/C=N/NC(=O)/C(=C\c2cccs2)NC(=O)c2ccccc2)ccc1OC(=O)c1ccc([N+](=O)[O-])o1. The molecule has 0 fully saturated rings. The lowest BCUT2D eigenvalue weighted by Crippen LogP contribution is -2.32. The molecule has 0 unspecified atom stereocenters. The fourth-order valence-electron chi connectivity index (χ4n) is 3.22. The third-order valence-corrected chi connectivity index (χ3v) is 5.92. The van der Waals surface area contributed by atoms with E-state index in [1.54, 1.807) is 36.4 Å². The Hall–Kier alpha value is -5.56. The smallest absolute Gasteiger partial charge is 0.433 e. The maximum Gasteiger partial charge on any atom is 0.433 e. The summed E-state index contributed by atoms with van der Waals surface area (Å²) in [7, 11) is 1.35. The topological polar surface area (TPSA) is 162 Å². The standard InChI is InChI=1S/C27H20N4O8S/c1-37-23-14-17(9-10-21(23)39-27(34)22-11-12-24(38-22)31(35)36)16-28-30-26(33)20(15-19-8-5-13-40-19)29-25(32)18-6-3-2-4-7-18/h2-16H,1H3,(H,29,32)(H,30,33)/b20-15+,28-16+. The van der Waals surface area contributed by atoms with Gasteiger partial charge in [-0.3, -0.25) is 19.7 Å². The number of hydrogen-bond donors (Lipinski definition) is 2. The van der Waals surface area contributed by atoms with Crippen LogP contribution in [0.1, 0.15) is 31.4 Å². The van der Waals surface area contributed by atoms with E-state index >= 15 is 0 Å². The summed E-state index contributed by atoms with van der Waals surface area (Å²) in [6.07, 6.45) is 2.86. The van der Waals surface area contributed by atoms with E-state index < -0.39 is 28.6 Å². The molecule has 0 saturated heterocycles. The van der Waals surface area contributed by atoms with Gasteiger partial charge in [0.25, 0.3) is 11.8 Å². The Kier molecular flexibility index (Phi) is 8.79. The lowest BCUT2D eigenvalue weighted by atomic mass is 10.2. The minimum atomic E-state index is -0.956. The van der Waals surface area contributed by atoms with Gasteiger partial charge in [-0.05, 0) is 59.5 Å². The second-order valence-electron chi connectivity index (χ2n) is 7.79. The van der Waals surface area contributed by atoms with Crippen LogP contribution < -0.4 is 20.2 Å². The number of furan rings is 1. The van der Waals surface area contributed by atoms with E-state index in [1.807, 2.05) is 11.4 Å². The van der Waals surface area contributed by atoms with Gasteiger partial charge in [0, 0.05) is 10.4 Å². The molecule has 0 radical (unpaired) electrons. The second kappa shape index (κ2) is 12.8. The third-order valence-electron chi connectivity index (χ3n) is 5.10. The van der Waals surface area contributed by atoms with Gasteiger partial charge < -0.3 is 19.2 Å². The summed E-state index contributed by atoms with van der Waals surface area (Å²) < 4.78 is 15.3. The zero-order valence-corrected chi connectivity index (χ0v) is 21.5. The van der Waals surface area contributed by atoms with Gasteiger partial charge in [-0.1, -0.05) is 24.3 Å². The Morgan fingerprint density at radius 2 is 1.82 bits per heavy atom. The molecule has 0 spiro atoms.